The number of halogens is 4. The summed E-state index contributed by atoms with van der Waals surface area (Å²) >= 11 is 26.4. The van der Waals surface area contributed by atoms with Gasteiger partial charge in [-0.3, -0.25) is 0 Å². The lowest BCUT2D eigenvalue weighted by Crippen LogP contribution is -2.12. The lowest BCUT2D eigenvalue weighted by molar-refractivity contribution is 0.132. The highest BCUT2D eigenvalue weighted by Crippen LogP contribution is 2.64. The summed E-state index contributed by atoms with van der Waals surface area (Å²) in [5.74, 6) is -2.97. The molecule has 0 bridgehead atoms. The molecule has 2 aromatic rings. The van der Waals surface area contributed by atoms with Crippen LogP contribution in [0, 0.1) is 0 Å². The third-order valence-electron chi connectivity index (χ3n) is 3.59. The Bertz CT molecular complexity index is 1090. The van der Waals surface area contributed by atoms with E-state index in [1.807, 2.05) is 0 Å². The molecule has 0 amide bonds. The van der Waals surface area contributed by atoms with Gasteiger partial charge in [0.05, 0.1) is 19.6 Å². The van der Waals surface area contributed by atoms with Crippen molar-refractivity contribution in [2.45, 2.75) is 19.6 Å². The molecule has 0 atom stereocenters. The second-order valence-electron chi connectivity index (χ2n) is 5.56. The lowest BCUT2D eigenvalue weighted by atomic mass is 10.3. The molecule has 0 fully saturated rings. The van der Waals surface area contributed by atoms with E-state index in [2.05, 4.69) is 18.9 Å². The molecule has 0 saturated carbocycles. The van der Waals surface area contributed by atoms with E-state index < -0.39 is 67.7 Å². The summed E-state index contributed by atoms with van der Waals surface area (Å²) in [5, 5.41) is 34.2. The number of hydrogen-bond acceptors (Lipinski definition) is 10. The molecule has 4 N–H and O–H groups in total. The molecule has 1 aliphatic rings. The smallest absolute Gasteiger partial charge is 0.449 e. The fourth-order valence-corrected chi connectivity index (χ4v) is 6.47. The highest BCUT2D eigenvalue weighted by molar-refractivity contribution is 8.05. The van der Waals surface area contributed by atoms with Gasteiger partial charge in [0.1, 0.15) is 20.1 Å². The molecule has 0 aromatic heterocycles. The Kier molecular flexibility index (Phi) is 7.59. The predicted molar refractivity (Wildman–Crippen MR) is 116 cm³/mol. The van der Waals surface area contributed by atoms with Crippen LogP contribution in [-0.4, -0.2) is 45.0 Å². The minimum Gasteiger partial charge on any atom is -0.449 e. The lowest BCUT2D eigenvalue weighted by Gasteiger charge is -2.26. The van der Waals surface area contributed by atoms with Crippen molar-refractivity contribution in [2.75, 3.05) is 0 Å². The quantitative estimate of drug-likeness (QED) is 0.176. The van der Waals surface area contributed by atoms with Crippen LogP contribution in [0.1, 0.15) is 0 Å². The highest BCUT2D eigenvalue weighted by Gasteiger charge is 2.37. The molecule has 3 rings (SSSR count). The Labute approximate surface area is 215 Å². The number of benzene rings is 2. The summed E-state index contributed by atoms with van der Waals surface area (Å²) in [6.07, 6.45) is -7.46. The molecule has 1 heterocycles. The summed E-state index contributed by atoms with van der Waals surface area (Å²) in [6, 6.07) is 0. The number of fused-ring (bicyclic) bond motifs is 2. The van der Waals surface area contributed by atoms with E-state index in [-0.39, 0.29) is 19.6 Å². The Morgan fingerprint density at radius 1 is 0.471 bits per heavy atom. The van der Waals surface area contributed by atoms with Gasteiger partial charge in [0.25, 0.3) is 0 Å². The van der Waals surface area contributed by atoms with Crippen molar-refractivity contribution in [3.63, 3.8) is 0 Å². The third-order valence-corrected chi connectivity index (χ3v) is 8.18. The van der Waals surface area contributed by atoms with Gasteiger partial charge in [-0.2, -0.15) is 0 Å². The fraction of sp³-hybridized carbons (Fsp3) is 0. The van der Waals surface area contributed by atoms with Gasteiger partial charge in [-0.15, -0.1) is 0 Å². The third kappa shape index (κ3) is 4.92. The van der Waals surface area contributed by atoms with Crippen LogP contribution in [0.2, 0.25) is 20.1 Å². The standard InChI is InChI=1S/C16H4Cl4O12S2/c17-1-5(29-13(21)22)6(30-14(23)24)2(18)10-9(1)33-11-3(19)7(31-15(25)26)8(32-16(27)28)4(20)12(11)34-10/h(H,21,22)(H,23,24)(H,25,26)(H,27,28). The van der Waals surface area contributed by atoms with Gasteiger partial charge < -0.3 is 39.4 Å². The first kappa shape index (κ1) is 26.0. The van der Waals surface area contributed by atoms with Crippen molar-refractivity contribution in [1.82, 2.24) is 0 Å². The fourth-order valence-electron chi connectivity index (χ4n) is 2.49. The first-order chi connectivity index (χ1) is 15.8. The minimum atomic E-state index is -1.87. The van der Waals surface area contributed by atoms with Gasteiger partial charge in [0.2, 0.25) is 0 Å². The van der Waals surface area contributed by atoms with Gasteiger partial charge in [-0.05, 0) is 0 Å². The first-order valence-electron chi connectivity index (χ1n) is 7.92. The molecule has 0 unspecified atom stereocenters. The summed E-state index contributed by atoms with van der Waals surface area (Å²) in [6.45, 7) is 0. The van der Waals surface area contributed by atoms with E-state index in [0.717, 1.165) is 0 Å². The van der Waals surface area contributed by atoms with Crippen LogP contribution in [0.15, 0.2) is 19.6 Å². The van der Waals surface area contributed by atoms with Crippen molar-refractivity contribution in [2.24, 2.45) is 0 Å². The zero-order valence-corrected chi connectivity index (χ0v) is 20.0. The maximum absolute atomic E-state index is 11.1. The van der Waals surface area contributed by atoms with E-state index >= 15 is 0 Å². The minimum absolute atomic E-state index is 0.00398. The Morgan fingerprint density at radius 3 is 0.794 bits per heavy atom. The van der Waals surface area contributed by atoms with Crippen LogP contribution in [0.5, 0.6) is 23.0 Å². The van der Waals surface area contributed by atoms with Crippen molar-refractivity contribution in [1.29, 1.82) is 0 Å². The average Bonchev–Trinajstić information content (AvgIpc) is 2.73. The summed E-state index contributed by atoms with van der Waals surface area (Å²) in [4.78, 5) is 44.4. The molecular formula is C16H4Cl4O12S2. The molecule has 0 radical (unpaired) electrons. The zero-order valence-electron chi connectivity index (χ0n) is 15.4. The number of hydrogen-bond donors (Lipinski definition) is 4. The maximum Gasteiger partial charge on any atom is 0.511 e. The van der Waals surface area contributed by atoms with E-state index in [1.54, 1.807) is 0 Å². The molecule has 1 aliphatic heterocycles. The Balaban J connectivity index is 2.30. The van der Waals surface area contributed by atoms with Crippen molar-refractivity contribution in [3.05, 3.63) is 20.1 Å². The van der Waals surface area contributed by atoms with E-state index in [1.165, 1.54) is 0 Å². The van der Waals surface area contributed by atoms with Crippen molar-refractivity contribution < 1.29 is 58.6 Å². The van der Waals surface area contributed by atoms with Crippen LogP contribution in [-0.2, 0) is 0 Å². The number of carbonyl (C=O) groups is 4. The normalized spacial score (nSPS) is 11.6. The number of ether oxygens (including phenoxy) is 4. The van der Waals surface area contributed by atoms with Crippen LogP contribution >= 0.6 is 69.9 Å². The second-order valence-corrected chi connectivity index (χ2v) is 9.12. The van der Waals surface area contributed by atoms with Gasteiger partial charge in [0.15, 0.2) is 23.0 Å². The molecule has 12 nitrogen and oxygen atoms in total. The van der Waals surface area contributed by atoms with E-state index in [9.17, 15) is 19.2 Å². The molecular weight excluding hydrogens is 590 g/mol. The average molecular weight is 594 g/mol. The second kappa shape index (κ2) is 9.93. The monoisotopic (exact) mass is 592 g/mol. The Morgan fingerprint density at radius 2 is 0.647 bits per heavy atom. The molecule has 18 heteroatoms. The topological polar surface area (TPSA) is 186 Å². The van der Waals surface area contributed by atoms with Crippen LogP contribution in [0.3, 0.4) is 0 Å². The van der Waals surface area contributed by atoms with E-state index in [4.69, 9.17) is 66.8 Å². The predicted octanol–water partition coefficient (Wildman–Crippen LogP) is 7.14. The van der Waals surface area contributed by atoms with Crippen LogP contribution < -0.4 is 18.9 Å². The maximum atomic E-state index is 11.1. The van der Waals surface area contributed by atoms with Crippen molar-refractivity contribution in [3.8, 4) is 23.0 Å². The molecule has 2 aromatic carbocycles. The highest BCUT2D eigenvalue weighted by atomic mass is 35.5. The zero-order chi connectivity index (χ0) is 25.5. The van der Waals surface area contributed by atoms with Gasteiger partial charge in [-0.1, -0.05) is 69.9 Å². The molecule has 0 aliphatic carbocycles. The van der Waals surface area contributed by atoms with Gasteiger partial charge in [0, 0.05) is 0 Å². The molecule has 0 saturated heterocycles. The van der Waals surface area contributed by atoms with Gasteiger partial charge in [-0.25, -0.2) is 19.2 Å². The van der Waals surface area contributed by atoms with Crippen LogP contribution in [0.25, 0.3) is 0 Å². The number of carboxylic acid groups (broad SMARTS) is 4. The SMILES string of the molecule is O=C(O)Oc1c(Cl)c2c(c(Cl)c1OC(=O)O)Sc1c(Cl)c(OC(=O)O)c(OC(=O)O)c(Cl)c1S2. The van der Waals surface area contributed by atoms with E-state index in [0.29, 0.717) is 23.5 Å². The van der Waals surface area contributed by atoms with Crippen LogP contribution in [0.4, 0.5) is 19.2 Å². The van der Waals surface area contributed by atoms with Crippen molar-refractivity contribution >= 4 is 94.5 Å². The Hall–Kier alpha value is -2.62. The summed E-state index contributed by atoms with van der Waals surface area (Å²) in [7, 11) is 0. The molecule has 180 valence electrons. The summed E-state index contributed by atoms with van der Waals surface area (Å²) < 4.78 is 18.2. The number of rotatable bonds is 4. The first-order valence-corrected chi connectivity index (χ1v) is 11.1. The molecule has 34 heavy (non-hydrogen) atoms. The summed E-state index contributed by atoms with van der Waals surface area (Å²) in [5.41, 5.74) is 0. The largest absolute Gasteiger partial charge is 0.511 e. The van der Waals surface area contributed by atoms with Gasteiger partial charge >= 0.3 is 24.6 Å². The molecule has 0 spiro atoms.